The summed E-state index contributed by atoms with van der Waals surface area (Å²) < 4.78 is 23.8. The van der Waals surface area contributed by atoms with Crippen LogP contribution >= 0.6 is 0 Å². The highest BCUT2D eigenvalue weighted by Crippen LogP contribution is 2.73. The Labute approximate surface area is 269 Å². The second-order valence-electron chi connectivity index (χ2n) is 16.2. The van der Waals surface area contributed by atoms with Crippen molar-refractivity contribution in [2.45, 2.75) is 146 Å². The predicted octanol–water partition coefficient (Wildman–Crippen LogP) is 0.162. The Morgan fingerprint density at radius 2 is 1.72 bits per heavy atom. The molecule has 3 aliphatic heterocycles. The lowest BCUT2D eigenvalue weighted by Crippen LogP contribution is -2.71. The normalized spacial score (nSPS) is 57.1. The zero-order valence-corrected chi connectivity index (χ0v) is 27.4. The smallest absolute Gasteiger partial charge is 0.333 e. The highest BCUT2D eigenvalue weighted by molar-refractivity contribution is 5.89. The summed E-state index contributed by atoms with van der Waals surface area (Å²) in [6.07, 6.45) is -7.55. The molecule has 4 saturated carbocycles. The number of aliphatic hydroxyl groups is 7. The van der Waals surface area contributed by atoms with Crippen LogP contribution in [0.2, 0.25) is 0 Å². The number of carbonyl (C=O) groups is 1. The molecule has 6 fully saturated rings. The van der Waals surface area contributed by atoms with Gasteiger partial charge >= 0.3 is 5.97 Å². The molecule has 19 atom stereocenters. The molecule has 0 unspecified atom stereocenters. The minimum absolute atomic E-state index is 0.0243. The van der Waals surface area contributed by atoms with Gasteiger partial charge in [-0.1, -0.05) is 26.3 Å². The first-order valence-electron chi connectivity index (χ1n) is 17.2. The first kappa shape index (κ1) is 33.3. The third-order valence-electron chi connectivity index (χ3n) is 14.3. The van der Waals surface area contributed by atoms with E-state index in [1.807, 2.05) is 13.8 Å². The van der Waals surface area contributed by atoms with Crippen molar-refractivity contribution < 1.29 is 59.5 Å². The lowest BCUT2D eigenvalue weighted by molar-refractivity contribution is -0.329. The molecule has 0 aromatic carbocycles. The number of hydrogen-bond acceptors (Lipinski definition) is 12. The predicted molar refractivity (Wildman–Crippen MR) is 160 cm³/mol. The highest BCUT2D eigenvalue weighted by atomic mass is 16.7. The van der Waals surface area contributed by atoms with Crippen molar-refractivity contribution in [2.24, 2.45) is 40.4 Å². The fourth-order valence-corrected chi connectivity index (χ4v) is 11.5. The summed E-state index contributed by atoms with van der Waals surface area (Å²) in [6.45, 7) is 9.48. The molecule has 0 bridgehead atoms. The molecule has 0 amide bonds. The van der Waals surface area contributed by atoms with Gasteiger partial charge in [0.25, 0.3) is 0 Å². The molecule has 3 heterocycles. The van der Waals surface area contributed by atoms with Crippen LogP contribution in [-0.2, 0) is 23.7 Å². The van der Waals surface area contributed by atoms with E-state index in [9.17, 15) is 40.5 Å². The first-order valence-corrected chi connectivity index (χ1v) is 17.2. The van der Waals surface area contributed by atoms with Gasteiger partial charge < -0.3 is 54.7 Å². The minimum Gasteiger partial charge on any atom is -0.458 e. The Hall–Kier alpha value is -1.19. The highest BCUT2D eigenvalue weighted by Gasteiger charge is 2.79. The molecule has 0 spiro atoms. The lowest BCUT2D eigenvalue weighted by atomic mass is 9.42. The molecular formula is C34H52O12. The van der Waals surface area contributed by atoms with E-state index in [1.165, 1.54) is 0 Å². The van der Waals surface area contributed by atoms with Crippen molar-refractivity contribution >= 4 is 5.97 Å². The molecule has 0 radical (unpaired) electrons. The summed E-state index contributed by atoms with van der Waals surface area (Å²) in [5, 5.41) is 76.5. The third kappa shape index (κ3) is 4.51. The van der Waals surface area contributed by atoms with Gasteiger partial charge in [0, 0.05) is 30.3 Å². The molecule has 2 saturated heterocycles. The Bertz CT molecular complexity index is 1260. The van der Waals surface area contributed by atoms with E-state index in [0.717, 1.165) is 18.4 Å². The monoisotopic (exact) mass is 652 g/mol. The topological polar surface area (TPSA) is 199 Å². The first-order chi connectivity index (χ1) is 21.6. The Balaban J connectivity index is 1.11. The van der Waals surface area contributed by atoms with Gasteiger partial charge in [0.2, 0.25) is 0 Å². The molecule has 46 heavy (non-hydrogen) atoms. The van der Waals surface area contributed by atoms with E-state index < -0.39 is 72.7 Å². The number of hydrogen-bond donors (Lipinski definition) is 7. The summed E-state index contributed by atoms with van der Waals surface area (Å²) in [6, 6.07) is 0. The second kappa shape index (κ2) is 11.2. The largest absolute Gasteiger partial charge is 0.458 e. The fourth-order valence-electron chi connectivity index (χ4n) is 11.5. The maximum Gasteiger partial charge on any atom is 0.333 e. The number of cyclic esters (lactones) is 1. The summed E-state index contributed by atoms with van der Waals surface area (Å²) in [7, 11) is 0. The van der Waals surface area contributed by atoms with Crippen molar-refractivity contribution in [3.8, 4) is 0 Å². The van der Waals surface area contributed by atoms with Crippen LogP contribution in [0.1, 0.15) is 73.1 Å². The van der Waals surface area contributed by atoms with E-state index >= 15 is 0 Å². The number of rotatable bonds is 5. The van der Waals surface area contributed by atoms with E-state index in [4.69, 9.17) is 18.9 Å². The van der Waals surface area contributed by atoms with Crippen molar-refractivity contribution in [3.05, 3.63) is 11.1 Å². The average Bonchev–Trinajstić information content (AvgIpc) is 3.76. The molecule has 7 aliphatic rings. The number of ether oxygens (including phenoxy) is 4. The van der Waals surface area contributed by atoms with Crippen LogP contribution in [0, 0.1) is 40.4 Å². The molecule has 7 rings (SSSR count). The third-order valence-corrected chi connectivity index (χ3v) is 14.3. The molecule has 4 aliphatic carbocycles. The van der Waals surface area contributed by atoms with Crippen molar-refractivity contribution in [3.63, 3.8) is 0 Å². The van der Waals surface area contributed by atoms with Crippen LogP contribution in [0.15, 0.2) is 11.1 Å². The maximum absolute atomic E-state index is 12.6. The Kier molecular flexibility index (Phi) is 8.08. The number of aliphatic hydroxyl groups excluding tert-OH is 6. The van der Waals surface area contributed by atoms with Crippen LogP contribution in [0.4, 0.5) is 0 Å². The van der Waals surface area contributed by atoms with Gasteiger partial charge in [-0.25, -0.2) is 4.79 Å². The van der Waals surface area contributed by atoms with Crippen LogP contribution in [0.3, 0.4) is 0 Å². The maximum atomic E-state index is 12.6. The fraction of sp³-hybridized carbons (Fsp3) is 0.912. The van der Waals surface area contributed by atoms with E-state index in [0.29, 0.717) is 18.4 Å². The van der Waals surface area contributed by atoms with Gasteiger partial charge in [-0.2, -0.15) is 0 Å². The van der Waals surface area contributed by atoms with Crippen molar-refractivity contribution in [2.75, 3.05) is 6.61 Å². The number of esters is 1. The molecule has 0 aromatic heterocycles. The van der Waals surface area contributed by atoms with Crippen molar-refractivity contribution in [1.29, 1.82) is 0 Å². The van der Waals surface area contributed by atoms with Gasteiger partial charge in [-0.05, 0) is 68.1 Å². The van der Waals surface area contributed by atoms with Gasteiger partial charge in [-0.15, -0.1) is 0 Å². The number of epoxide rings is 1. The summed E-state index contributed by atoms with van der Waals surface area (Å²) >= 11 is 0. The van der Waals surface area contributed by atoms with E-state index in [2.05, 4.69) is 13.8 Å². The second-order valence-corrected chi connectivity index (χ2v) is 16.2. The molecular weight excluding hydrogens is 600 g/mol. The van der Waals surface area contributed by atoms with Crippen LogP contribution in [-0.4, -0.2) is 121 Å². The minimum atomic E-state index is -1.59. The molecule has 0 aromatic rings. The quantitative estimate of drug-likeness (QED) is 0.121. The average molecular weight is 653 g/mol. The standard InChI is InChI=1S/C34H52O12/c1-13-8-20(44-30(41)14(13)2)15(3)24-19(36)10-18-23-17(6-7-32(18,24)4)33(5)22(37)9-16(11-34(33,42)29-28(23)46-29)43-31-27(40)26(39)25(38)21(12-35)45-31/h15-29,31,35-40,42H,6-12H2,1-5H3/t15-,16-,17+,18+,19+,20-,21-,22+,23-,24+,25-,26+,27-,28-,29-,31-,32+,33+,34-/m0/s1. The van der Waals surface area contributed by atoms with Gasteiger partial charge in [0.1, 0.15) is 42.2 Å². The lowest BCUT2D eigenvalue weighted by Gasteiger charge is -2.64. The summed E-state index contributed by atoms with van der Waals surface area (Å²) in [5.74, 6) is -0.382. The van der Waals surface area contributed by atoms with Crippen LogP contribution in [0.5, 0.6) is 0 Å². The number of fused-ring (bicyclic) bond motifs is 8. The van der Waals surface area contributed by atoms with E-state index in [-0.39, 0.29) is 66.0 Å². The van der Waals surface area contributed by atoms with Gasteiger partial charge in [-0.3, -0.25) is 0 Å². The van der Waals surface area contributed by atoms with Gasteiger partial charge in [0.05, 0.1) is 31.0 Å². The SMILES string of the molecule is CC1=C(C)C(=O)O[C@H]([C@H](C)[C@@H]2[C@H](O)C[C@@H]3[C@H]4[C@@H]5O[C@@H]5[C@@]5(O)C[C@@H](O[C@H]6O[C@@H](CO)[C@H](O)[C@@H](O)[C@@H]6O)C[C@@H](O)[C@@]5(C)[C@@H]4CC[C@@]23C)C1. The Morgan fingerprint density at radius 3 is 2.39 bits per heavy atom. The van der Waals surface area contributed by atoms with Crippen molar-refractivity contribution in [1.82, 2.24) is 0 Å². The zero-order valence-electron chi connectivity index (χ0n) is 27.4. The Morgan fingerprint density at radius 1 is 1.00 bits per heavy atom. The van der Waals surface area contributed by atoms with Crippen LogP contribution in [0.25, 0.3) is 0 Å². The summed E-state index contributed by atoms with van der Waals surface area (Å²) in [4.78, 5) is 12.6. The number of carbonyl (C=O) groups excluding carboxylic acids is 1. The van der Waals surface area contributed by atoms with Gasteiger partial charge in [0.15, 0.2) is 6.29 Å². The summed E-state index contributed by atoms with van der Waals surface area (Å²) in [5.41, 5.74) is -0.927. The molecule has 12 nitrogen and oxygen atoms in total. The molecule has 260 valence electrons. The van der Waals surface area contributed by atoms with Crippen LogP contribution < -0.4 is 0 Å². The molecule has 7 N–H and O–H groups in total. The molecule has 12 heteroatoms. The van der Waals surface area contributed by atoms with E-state index in [1.54, 1.807) is 6.92 Å². The zero-order chi connectivity index (χ0) is 33.2.